The molecule has 7 nitrogen and oxygen atoms in total. The van der Waals surface area contributed by atoms with Crippen molar-refractivity contribution in [2.24, 2.45) is 9.98 Å². The van der Waals surface area contributed by atoms with Crippen molar-refractivity contribution in [2.45, 2.75) is 46.2 Å². The van der Waals surface area contributed by atoms with Gasteiger partial charge in [-0.3, -0.25) is 19.8 Å². The summed E-state index contributed by atoms with van der Waals surface area (Å²) >= 11 is 12.0. The summed E-state index contributed by atoms with van der Waals surface area (Å²) in [5.74, 6) is -1.01. The number of aliphatic imine (C=N–C) groups is 2. The SMILES string of the molecule is CC(C)N1C(=O)C(=O)N/C1=N\C(=NC(C)(C)C)Nc1ccc(Cl)c(Cl)c1. The minimum Gasteiger partial charge on any atom is -0.324 e. The highest BCUT2D eigenvalue weighted by atomic mass is 35.5. The van der Waals surface area contributed by atoms with E-state index in [-0.39, 0.29) is 18.0 Å². The number of carbonyl (C=O) groups excluding carboxylic acids is 2. The Morgan fingerprint density at radius 1 is 1.19 bits per heavy atom. The zero-order chi connectivity index (χ0) is 19.6. The lowest BCUT2D eigenvalue weighted by Gasteiger charge is -2.20. The van der Waals surface area contributed by atoms with E-state index < -0.39 is 17.4 Å². The van der Waals surface area contributed by atoms with Gasteiger partial charge >= 0.3 is 11.8 Å². The first-order valence-electron chi connectivity index (χ1n) is 8.03. The van der Waals surface area contributed by atoms with Crippen LogP contribution in [0, 0.1) is 0 Å². The summed E-state index contributed by atoms with van der Waals surface area (Å²) in [5, 5.41) is 6.34. The fourth-order valence-electron chi connectivity index (χ4n) is 2.18. The molecule has 1 fully saturated rings. The fraction of sp³-hybridized carbons (Fsp3) is 0.412. The van der Waals surface area contributed by atoms with Crippen molar-refractivity contribution in [3.8, 4) is 0 Å². The quantitative estimate of drug-likeness (QED) is 0.456. The number of nitrogens with zero attached hydrogens (tertiary/aromatic N) is 3. The van der Waals surface area contributed by atoms with Gasteiger partial charge in [-0.2, -0.15) is 4.99 Å². The molecule has 0 saturated carbocycles. The number of carbonyl (C=O) groups is 2. The number of amides is 2. The van der Waals surface area contributed by atoms with E-state index in [4.69, 9.17) is 23.2 Å². The summed E-state index contributed by atoms with van der Waals surface area (Å²) < 4.78 is 0. The van der Waals surface area contributed by atoms with Gasteiger partial charge in [0.1, 0.15) is 0 Å². The second-order valence-electron chi connectivity index (χ2n) is 7.02. The summed E-state index contributed by atoms with van der Waals surface area (Å²) in [7, 11) is 0. The minimum absolute atomic E-state index is 0.130. The molecule has 2 amide bonds. The number of guanidine groups is 2. The van der Waals surface area contributed by atoms with Gasteiger partial charge in [0.2, 0.25) is 11.9 Å². The Kier molecular flexibility index (Phi) is 5.93. The number of halogens is 2. The molecule has 0 unspecified atom stereocenters. The van der Waals surface area contributed by atoms with Crippen molar-refractivity contribution in [2.75, 3.05) is 5.32 Å². The van der Waals surface area contributed by atoms with Gasteiger partial charge in [-0.15, -0.1) is 0 Å². The van der Waals surface area contributed by atoms with E-state index in [1.807, 2.05) is 20.8 Å². The van der Waals surface area contributed by atoms with Gasteiger partial charge in [-0.1, -0.05) is 23.2 Å². The number of hydrogen-bond donors (Lipinski definition) is 2. The van der Waals surface area contributed by atoms with E-state index in [9.17, 15) is 9.59 Å². The zero-order valence-corrected chi connectivity index (χ0v) is 16.7. The van der Waals surface area contributed by atoms with Crippen LogP contribution in [0.1, 0.15) is 34.6 Å². The number of rotatable bonds is 2. The molecule has 26 heavy (non-hydrogen) atoms. The van der Waals surface area contributed by atoms with E-state index in [2.05, 4.69) is 20.6 Å². The van der Waals surface area contributed by atoms with E-state index in [0.29, 0.717) is 15.7 Å². The Labute approximate surface area is 162 Å². The monoisotopic (exact) mass is 397 g/mol. The second kappa shape index (κ2) is 7.63. The minimum atomic E-state index is -0.720. The van der Waals surface area contributed by atoms with Crippen molar-refractivity contribution in [3.63, 3.8) is 0 Å². The average Bonchev–Trinajstić information content (AvgIpc) is 2.75. The molecular weight excluding hydrogens is 377 g/mol. The van der Waals surface area contributed by atoms with Gasteiger partial charge in [0.15, 0.2) is 0 Å². The maximum atomic E-state index is 12.0. The van der Waals surface area contributed by atoms with Gasteiger partial charge in [0, 0.05) is 11.7 Å². The molecule has 0 aromatic heterocycles. The normalized spacial score (nSPS) is 17.3. The maximum absolute atomic E-state index is 12.0. The summed E-state index contributed by atoms with van der Waals surface area (Å²) in [4.78, 5) is 33.9. The summed E-state index contributed by atoms with van der Waals surface area (Å²) in [6.45, 7) is 9.30. The van der Waals surface area contributed by atoms with E-state index in [1.165, 1.54) is 4.90 Å². The van der Waals surface area contributed by atoms with Crippen LogP contribution in [0.15, 0.2) is 28.2 Å². The molecule has 0 spiro atoms. The van der Waals surface area contributed by atoms with Gasteiger partial charge in [0.05, 0.1) is 15.6 Å². The Bertz CT molecular complexity index is 797. The van der Waals surface area contributed by atoms with Gasteiger partial charge in [0.25, 0.3) is 0 Å². The van der Waals surface area contributed by atoms with Crippen molar-refractivity contribution < 1.29 is 9.59 Å². The Morgan fingerprint density at radius 3 is 2.38 bits per heavy atom. The smallest absolute Gasteiger partial charge is 0.319 e. The topological polar surface area (TPSA) is 86.2 Å². The molecule has 0 bridgehead atoms. The Balaban J connectivity index is 2.42. The molecule has 0 aliphatic carbocycles. The molecule has 0 radical (unpaired) electrons. The maximum Gasteiger partial charge on any atom is 0.319 e. The predicted molar refractivity (Wildman–Crippen MR) is 105 cm³/mol. The average molecular weight is 398 g/mol. The van der Waals surface area contributed by atoms with Gasteiger partial charge in [-0.25, -0.2) is 4.99 Å². The van der Waals surface area contributed by atoms with Gasteiger partial charge < -0.3 is 5.32 Å². The highest BCUT2D eigenvalue weighted by Gasteiger charge is 2.37. The predicted octanol–water partition coefficient (Wildman–Crippen LogP) is 3.28. The molecule has 1 heterocycles. The molecule has 1 aromatic carbocycles. The fourth-order valence-corrected chi connectivity index (χ4v) is 2.48. The highest BCUT2D eigenvalue weighted by molar-refractivity contribution is 6.46. The Hall–Kier alpha value is -2.12. The number of benzene rings is 1. The van der Waals surface area contributed by atoms with Crippen molar-refractivity contribution in [3.05, 3.63) is 28.2 Å². The first-order valence-corrected chi connectivity index (χ1v) is 8.78. The molecule has 1 saturated heterocycles. The first kappa shape index (κ1) is 20.2. The molecule has 1 aliphatic rings. The number of hydrogen-bond acceptors (Lipinski definition) is 3. The van der Waals surface area contributed by atoms with Crippen LogP contribution in [-0.4, -0.2) is 40.2 Å². The number of anilines is 1. The molecule has 2 rings (SSSR count). The molecule has 1 aromatic rings. The zero-order valence-electron chi connectivity index (χ0n) is 15.2. The number of nitrogens with one attached hydrogen (secondary N) is 2. The van der Waals surface area contributed by atoms with Crippen LogP contribution in [0.3, 0.4) is 0 Å². The third kappa shape index (κ3) is 4.95. The lowest BCUT2D eigenvalue weighted by atomic mass is 10.1. The third-order valence-electron chi connectivity index (χ3n) is 3.21. The molecular formula is C17H21Cl2N5O2. The first-order chi connectivity index (χ1) is 12.0. The largest absolute Gasteiger partial charge is 0.324 e. The Morgan fingerprint density at radius 2 is 1.85 bits per heavy atom. The third-order valence-corrected chi connectivity index (χ3v) is 3.95. The van der Waals surface area contributed by atoms with Crippen LogP contribution >= 0.6 is 23.2 Å². The van der Waals surface area contributed by atoms with E-state index >= 15 is 0 Å². The second-order valence-corrected chi connectivity index (χ2v) is 7.83. The van der Waals surface area contributed by atoms with Crippen LogP contribution < -0.4 is 10.6 Å². The summed E-state index contributed by atoms with van der Waals surface area (Å²) in [6, 6.07) is 4.78. The van der Waals surface area contributed by atoms with Crippen molar-refractivity contribution in [1.82, 2.24) is 10.2 Å². The van der Waals surface area contributed by atoms with Crippen LogP contribution in [0.5, 0.6) is 0 Å². The van der Waals surface area contributed by atoms with E-state index in [1.54, 1.807) is 32.0 Å². The molecule has 9 heteroatoms. The lowest BCUT2D eigenvalue weighted by Crippen LogP contribution is -2.39. The molecule has 1 aliphatic heterocycles. The lowest BCUT2D eigenvalue weighted by molar-refractivity contribution is -0.140. The van der Waals surface area contributed by atoms with E-state index in [0.717, 1.165) is 0 Å². The molecule has 2 N–H and O–H groups in total. The summed E-state index contributed by atoms with van der Waals surface area (Å²) in [5.41, 5.74) is 0.177. The van der Waals surface area contributed by atoms with Crippen LogP contribution in [-0.2, 0) is 9.59 Å². The molecule has 140 valence electrons. The molecule has 0 atom stereocenters. The van der Waals surface area contributed by atoms with Crippen LogP contribution in [0.2, 0.25) is 10.0 Å². The van der Waals surface area contributed by atoms with Crippen molar-refractivity contribution in [1.29, 1.82) is 0 Å². The summed E-state index contributed by atoms with van der Waals surface area (Å²) in [6.07, 6.45) is 0. The van der Waals surface area contributed by atoms with Crippen LogP contribution in [0.25, 0.3) is 0 Å². The van der Waals surface area contributed by atoms with Crippen molar-refractivity contribution >= 4 is 52.6 Å². The van der Waals surface area contributed by atoms with Gasteiger partial charge in [-0.05, 0) is 52.8 Å². The highest BCUT2D eigenvalue weighted by Crippen LogP contribution is 2.25. The van der Waals surface area contributed by atoms with Crippen LogP contribution in [0.4, 0.5) is 5.69 Å². The standard InChI is InChI=1S/C17H21Cl2N5O2/c1-9(2)24-14(26)13(25)21-16(24)22-15(23-17(3,4)5)20-10-6-7-11(18)12(19)8-10/h6-9H,1-5H3,(H2,20,21,22,23,25).